The average molecular weight is 225 g/mol. The van der Waals surface area contributed by atoms with E-state index in [0.29, 0.717) is 0 Å². The van der Waals surface area contributed by atoms with Crippen LogP contribution in [0.15, 0.2) is 48.5 Å². The average Bonchev–Trinajstić information content (AvgIpc) is 2.68. The van der Waals surface area contributed by atoms with Crippen LogP contribution in [0.3, 0.4) is 0 Å². The Kier molecular flexibility index (Phi) is 2.22. The summed E-state index contributed by atoms with van der Waals surface area (Å²) in [5.74, 6) is -0.195. The number of fused-ring (bicyclic) bond motifs is 1. The highest BCUT2D eigenvalue weighted by Crippen LogP contribution is 2.29. The van der Waals surface area contributed by atoms with Crippen molar-refractivity contribution in [2.24, 2.45) is 0 Å². The molecule has 0 amide bonds. The summed E-state index contributed by atoms with van der Waals surface area (Å²) in [7, 11) is 0. The monoisotopic (exact) mass is 225 g/mol. The van der Waals surface area contributed by atoms with Gasteiger partial charge >= 0.3 is 0 Å². The molecule has 0 atom stereocenters. The molecule has 1 nitrogen and oxygen atoms in total. The normalized spacial score (nSPS) is 10.9. The highest BCUT2D eigenvalue weighted by atomic mass is 19.1. The summed E-state index contributed by atoms with van der Waals surface area (Å²) in [4.78, 5) is 3.34. The first-order valence-electron chi connectivity index (χ1n) is 5.59. The smallest absolute Gasteiger partial charge is 0.123 e. The minimum absolute atomic E-state index is 0.195. The molecule has 2 heteroatoms. The molecule has 0 fully saturated rings. The van der Waals surface area contributed by atoms with Crippen LogP contribution in [-0.2, 0) is 0 Å². The van der Waals surface area contributed by atoms with E-state index in [4.69, 9.17) is 0 Å². The van der Waals surface area contributed by atoms with Crippen molar-refractivity contribution in [2.75, 3.05) is 0 Å². The van der Waals surface area contributed by atoms with Crippen LogP contribution in [0.1, 0.15) is 5.56 Å². The second-order valence-electron chi connectivity index (χ2n) is 4.18. The van der Waals surface area contributed by atoms with Crippen molar-refractivity contribution in [3.8, 4) is 11.3 Å². The second kappa shape index (κ2) is 3.74. The minimum Gasteiger partial charge on any atom is -0.354 e. The lowest BCUT2D eigenvalue weighted by Crippen LogP contribution is -1.78. The lowest BCUT2D eigenvalue weighted by Gasteiger charge is -1.99. The first kappa shape index (κ1) is 10.1. The molecular weight excluding hydrogens is 213 g/mol. The van der Waals surface area contributed by atoms with Crippen molar-refractivity contribution in [1.82, 2.24) is 4.98 Å². The Morgan fingerprint density at radius 2 is 1.76 bits per heavy atom. The van der Waals surface area contributed by atoms with Crippen LogP contribution in [0.25, 0.3) is 22.2 Å². The van der Waals surface area contributed by atoms with Gasteiger partial charge in [0.25, 0.3) is 0 Å². The van der Waals surface area contributed by atoms with E-state index in [-0.39, 0.29) is 5.82 Å². The van der Waals surface area contributed by atoms with Crippen molar-refractivity contribution in [3.63, 3.8) is 0 Å². The molecule has 0 saturated heterocycles. The van der Waals surface area contributed by atoms with Crippen LogP contribution in [0.5, 0.6) is 0 Å². The highest BCUT2D eigenvalue weighted by molar-refractivity contribution is 5.90. The fraction of sp³-hybridized carbons (Fsp3) is 0.0667. The summed E-state index contributed by atoms with van der Waals surface area (Å²) in [6.07, 6.45) is 0. The van der Waals surface area contributed by atoms with Gasteiger partial charge in [0.05, 0.1) is 0 Å². The molecule has 0 radical (unpaired) electrons. The number of nitrogens with one attached hydrogen (secondary N) is 1. The molecule has 84 valence electrons. The number of hydrogen-bond acceptors (Lipinski definition) is 0. The van der Waals surface area contributed by atoms with Gasteiger partial charge in [-0.3, -0.25) is 0 Å². The number of aromatic nitrogens is 1. The molecule has 17 heavy (non-hydrogen) atoms. The number of H-pyrrole nitrogens is 1. The van der Waals surface area contributed by atoms with E-state index in [1.54, 1.807) is 12.1 Å². The summed E-state index contributed by atoms with van der Waals surface area (Å²) in [5, 5.41) is 0.948. The Labute approximate surface area is 98.9 Å². The molecule has 1 heterocycles. The summed E-state index contributed by atoms with van der Waals surface area (Å²) < 4.78 is 13.2. The van der Waals surface area contributed by atoms with E-state index in [1.807, 2.05) is 37.3 Å². The number of aryl methyl sites for hydroxylation is 1. The molecule has 1 aromatic heterocycles. The molecule has 0 aliphatic heterocycles. The maximum Gasteiger partial charge on any atom is 0.123 e. The van der Waals surface area contributed by atoms with Gasteiger partial charge in [-0.1, -0.05) is 30.3 Å². The van der Waals surface area contributed by atoms with Crippen molar-refractivity contribution in [1.29, 1.82) is 0 Å². The minimum atomic E-state index is -0.195. The van der Waals surface area contributed by atoms with Gasteiger partial charge in [0, 0.05) is 16.6 Å². The summed E-state index contributed by atoms with van der Waals surface area (Å²) in [6.45, 7) is 2.01. The molecule has 0 bridgehead atoms. The number of rotatable bonds is 1. The maximum atomic E-state index is 13.2. The van der Waals surface area contributed by atoms with Crippen LogP contribution in [0.2, 0.25) is 0 Å². The van der Waals surface area contributed by atoms with Crippen LogP contribution in [0.4, 0.5) is 4.39 Å². The molecular formula is C15H12FN. The lowest BCUT2D eigenvalue weighted by molar-refractivity contribution is 0.629. The van der Waals surface area contributed by atoms with Gasteiger partial charge in [-0.15, -0.1) is 0 Å². The number of aromatic amines is 1. The molecule has 3 rings (SSSR count). The van der Waals surface area contributed by atoms with Gasteiger partial charge in [-0.05, 0) is 36.2 Å². The van der Waals surface area contributed by atoms with Crippen LogP contribution < -0.4 is 0 Å². The third-order valence-electron chi connectivity index (χ3n) is 3.08. The summed E-state index contributed by atoms with van der Waals surface area (Å²) in [6, 6.07) is 14.9. The predicted octanol–water partition coefficient (Wildman–Crippen LogP) is 4.28. The zero-order chi connectivity index (χ0) is 11.8. The summed E-state index contributed by atoms with van der Waals surface area (Å²) in [5.41, 5.74) is 4.25. The first-order chi connectivity index (χ1) is 8.25. The van der Waals surface area contributed by atoms with Gasteiger partial charge in [-0.2, -0.15) is 0 Å². The Morgan fingerprint density at radius 1 is 1.00 bits per heavy atom. The second-order valence-corrected chi connectivity index (χ2v) is 4.18. The standard InChI is InChI=1S/C15H12FN/c1-10-13-9-12(16)7-8-14(13)17-15(10)11-5-3-2-4-6-11/h2-9,17H,1H3. The van der Waals surface area contributed by atoms with E-state index in [9.17, 15) is 4.39 Å². The van der Waals surface area contributed by atoms with Gasteiger partial charge in [0.15, 0.2) is 0 Å². The van der Waals surface area contributed by atoms with E-state index in [2.05, 4.69) is 4.98 Å². The van der Waals surface area contributed by atoms with Gasteiger partial charge < -0.3 is 4.98 Å². The third kappa shape index (κ3) is 1.62. The quantitative estimate of drug-likeness (QED) is 0.636. The predicted molar refractivity (Wildman–Crippen MR) is 68.4 cm³/mol. The SMILES string of the molecule is Cc1c(-c2ccccc2)[nH]c2ccc(F)cc12. The highest BCUT2D eigenvalue weighted by Gasteiger charge is 2.09. The van der Waals surface area contributed by atoms with Crippen molar-refractivity contribution in [2.45, 2.75) is 6.92 Å². The van der Waals surface area contributed by atoms with Gasteiger partial charge in [-0.25, -0.2) is 4.39 Å². The lowest BCUT2D eigenvalue weighted by atomic mass is 10.1. The van der Waals surface area contributed by atoms with Crippen molar-refractivity contribution < 1.29 is 4.39 Å². The largest absolute Gasteiger partial charge is 0.354 e. The molecule has 0 saturated carbocycles. The molecule has 1 N–H and O–H groups in total. The molecule has 0 spiro atoms. The third-order valence-corrected chi connectivity index (χ3v) is 3.08. The van der Waals surface area contributed by atoms with E-state index in [1.165, 1.54) is 6.07 Å². The number of benzene rings is 2. The fourth-order valence-corrected chi connectivity index (χ4v) is 2.19. The molecule has 3 aromatic rings. The first-order valence-corrected chi connectivity index (χ1v) is 5.59. The van der Waals surface area contributed by atoms with Crippen molar-refractivity contribution >= 4 is 10.9 Å². The van der Waals surface area contributed by atoms with Crippen LogP contribution in [-0.4, -0.2) is 4.98 Å². The zero-order valence-corrected chi connectivity index (χ0v) is 9.50. The number of hydrogen-bond donors (Lipinski definition) is 1. The van der Waals surface area contributed by atoms with Crippen LogP contribution >= 0.6 is 0 Å². The Balaban J connectivity index is 2.28. The Morgan fingerprint density at radius 3 is 2.53 bits per heavy atom. The maximum absolute atomic E-state index is 13.2. The van der Waals surface area contributed by atoms with E-state index in [0.717, 1.165) is 27.7 Å². The number of halogens is 1. The van der Waals surface area contributed by atoms with Gasteiger partial charge in [0.1, 0.15) is 5.82 Å². The van der Waals surface area contributed by atoms with Crippen molar-refractivity contribution in [3.05, 3.63) is 59.9 Å². The zero-order valence-electron chi connectivity index (χ0n) is 9.50. The Bertz CT molecular complexity index is 668. The Hall–Kier alpha value is -2.09. The molecule has 0 aliphatic rings. The molecule has 0 aliphatic carbocycles. The van der Waals surface area contributed by atoms with E-state index >= 15 is 0 Å². The molecule has 2 aromatic carbocycles. The molecule has 0 unspecified atom stereocenters. The van der Waals surface area contributed by atoms with E-state index < -0.39 is 0 Å². The summed E-state index contributed by atoms with van der Waals surface area (Å²) >= 11 is 0. The topological polar surface area (TPSA) is 15.8 Å². The van der Waals surface area contributed by atoms with Crippen LogP contribution in [0, 0.1) is 12.7 Å². The fourth-order valence-electron chi connectivity index (χ4n) is 2.19. The van der Waals surface area contributed by atoms with Gasteiger partial charge in [0.2, 0.25) is 0 Å².